The average molecular weight is 241 g/mol. The second kappa shape index (κ2) is 4.34. The first-order valence-electron chi connectivity index (χ1n) is 5.25. The monoisotopic (exact) mass is 240 g/mol. The molecular weight excluding hydrogens is 228 g/mol. The van der Waals surface area contributed by atoms with Crippen LogP contribution in [0.15, 0.2) is 24.3 Å². The van der Waals surface area contributed by atoms with E-state index in [4.69, 9.17) is 21.4 Å². The third kappa shape index (κ3) is 2.30. The molecule has 2 rings (SSSR count). The summed E-state index contributed by atoms with van der Waals surface area (Å²) < 4.78 is 5.47. The number of hydrogen-bond donors (Lipinski definition) is 1. The normalized spacial score (nSPS) is 16.8. The molecule has 16 heavy (non-hydrogen) atoms. The van der Waals surface area contributed by atoms with E-state index in [1.807, 2.05) is 12.1 Å². The minimum Gasteiger partial charge on any atom is -0.492 e. The van der Waals surface area contributed by atoms with Gasteiger partial charge in [0.1, 0.15) is 5.75 Å². The maximum Gasteiger partial charge on any atom is 0.309 e. The summed E-state index contributed by atoms with van der Waals surface area (Å²) in [4.78, 5) is 10.9. The van der Waals surface area contributed by atoms with Gasteiger partial charge in [-0.3, -0.25) is 4.79 Å². The summed E-state index contributed by atoms with van der Waals surface area (Å²) in [7, 11) is 0. The molecule has 1 aromatic rings. The van der Waals surface area contributed by atoms with E-state index in [2.05, 4.69) is 0 Å². The fourth-order valence-corrected chi connectivity index (χ4v) is 1.83. The van der Waals surface area contributed by atoms with Crippen molar-refractivity contribution < 1.29 is 14.6 Å². The maximum atomic E-state index is 10.9. The Morgan fingerprint density at radius 1 is 1.44 bits per heavy atom. The fourth-order valence-electron chi connectivity index (χ4n) is 1.64. The van der Waals surface area contributed by atoms with Crippen LogP contribution in [0.2, 0.25) is 5.02 Å². The Labute approximate surface area is 99.0 Å². The van der Waals surface area contributed by atoms with Gasteiger partial charge >= 0.3 is 5.97 Å². The van der Waals surface area contributed by atoms with Crippen molar-refractivity contribution >= 4 is 17.6 Å². The van der Waals surface area contributed by atoms with Gasteiger partial charge in [0.25, 0.3) is 0 Å². The van der Waals surface area contributed by atoms with Crippen molar-refractivity contribution in [3.05, 3.63) is 29.3 Å². The molecule has 1 aromatic carbocycles. The molecule has 0 radical (unpaired) electrons. The number of carbonyl (C=O) groups is 1. The quantitative estimate of drug-likeness (QED) is 0.861. The second-order valence-electron chi connectivity index (χ2n) is 4.11. The molecule has 86 valence electrons. The zero-order valence-electron chi connectivity index (χ0n) is 8.78. The average Bonchev–Trinajstić information content (AvgIpc) is 3.02. The van der Waals surface area contributed by atoms with Crippen molar-refractivity contribution in [2.45, 2.75) is 19.3 Å². The van der Waals surface area contributed by atoms with Crippen LogP contribution in [0.1, 0.15) is 19.3 Å². The van der Waals surface area contributed by atoms with E-state index in [0.717, 1.165) is 12.8 Å². The van der Waals surface area contributed by atoms with Gasteiger partial charge in [-0.05, 0) is 31.4 Å². The van der Waals surface area contributed by atoms with E-state index >= 15 is 0 Å². The van der Waals surface area contributed by atoms with Crippen LogP contribution in [0, 0.1) is 5.41 Å². The molecule has 1 aliphatic rings. The van der Waals surface area contributed by atoms with E-state index in [9.17, 15) is 4.79 Å². The Hall–Kier alpha value is -1.22. The van der Waals surface area contributed by atoms with Gasteiger partial charge in [-0.1, -0.05) is 23.7 Å². The molecule has 0 amide bonds. The van der Waals surface area contributed by atoms with E-state index in [1.54, 1.807) is 12.1 Å². The highest BCUT2D eigenvalue weighted by Gasteiger charge is 2.49. The molecule has 0 heterocycles. The number of para-hydroxylation sites is 1. The van der Waals surface area contributed by atoms with Gasteiger partial charge in [0.2, 0.25) is 0 Å². The fraction of sp³-hybridized carbons (Fsp3) is 0.417. The van der Waals surface area contributed by atoms with Crippen molar-refractivity contribution in [3.8, 4) is 5.75 Å². The van der Waals surface area contributed by atoms with Crippen LogP contribution >= 0.6 is 11.6 Å². The lowest BCUT2D eigenvalue weighted by Gasteiger charge is -2.11. The van der Waals surface area contributed by atoms with Crippen LogP contribution in [-0.2, 0) is 4.79 Å². The van der Waals surface area contributed by atoms with Crippen LogP contribution < -0.4 is 4.74 Å². The first-order valence-corrected chi connectivity index (χ1v) is 5.63. The second-order valence-corrected chi connectivity index (χ2v) is 4.52. The summed E-state index contributed by atoms with van der Waals surface area (Å²) in [6, 6.07) is 7.20. The van der Waals surface area contributed by atoms with E-state index in [0.29, 0.717) is 23.8 Å². The highest BCUT2D eigenvalue weighted by molar-refractivity contribution is 6.32. The first-order chi connectivity index (χ1) is 7.64. The summed E-state index contributed by atoms with van der Waals surface area (Å²) in [5.41, 5.74) is -0.527. The molecule has 0 saturated heterocycles. The number of aliphatic carboxylic acids is 1. The molecule has 4 heteroatoms. The van der Waals surface area contributed by atoms with Crippen molar-refractivity contribution in [1.29, 1.82) is 0 Å². The number of hydrogen-bond acceptors (Lipinski definition) is 2. The highest BCUT2D eigenvalue weighted by Crippen LogP contribution is 2.49. The number of rotatable bonds is 5. The van der Waals surface area contributed by atoms with Crippen LogP contribution in [0.25, 0.3) is 0 Å². The van der Waals surface area contributed by atoms with Gasteiger partial charge in [-0.25, -0.2) is 0 Å². The summed E-state index contributed by atoms with van der Waals surface area (Å²) in [6.07, 6.45) is 2.07. The molecule has 0 unspecified atom stereocenters. The summed E-state index contributed by atoms with van der Waals surface area (Å²) in [6.45, 7) is 0.399. The lowest BCUT2D eigenvalue weighted by molar-refractivity contribution is -0.143. The van der Waals surface area contributed by atoms with Crippen molar-refractivity contribution in [2.75, 3.05) is 6.61 Å². The molecule has 1 aliphatic carbocycles. The Morgan fingerprint density at radius 2 is 2.12 bits per heavy atom. The Balaban J connectivity index is 1.85. The molecule has 0 bridgehead atoms. The van der Waals surface area contributed by atoms with Gasteiger partial charge in [0, 0.05) is 0 Å². The molecule has 0 aliphatic heterocycles. The molecule has 0 atom stereocenters. The molecular formula is C12H13ClO3. The number of halogens is 1. The van der Waals surface area contributed by atoms with Gasteiger partial charge < -0.3 is 9.84 Å². The van der Waals surface area contributed by atoms with Crippen LogP contribution in [0.5, 0.6) is 5.75 Å². The SMILES string of the molecule is O=C(O)C1(CCOc2ccccc2Cl)CC1. The number of ether oxygens (including phenoxy) is 1. The maximum absolute atomic E-state index is 10.9. The first kappa shape index (κ1) is 11.3. The van der Waals surface area contributed by atoms with E-state index in [1.165, 1.54) is 0 Å². The molecule has 1 saturated carbocycles. The number of carboxylic acid groups (broad SMARTS) is 1. The number of carboxylic acids is 1. The molecule has 3 nitrogen and oxygen atoms in total. The van der Waals surface area contributed by atoms with Gasteiger partial charge in [0.15, 0.2) is 0 Å². The minimum atomic E-state index is -0.713. The molecule has 0 aromatic heterocycles. The molecule has 0 spiro atoms. The zero-order valence-corrected chi connectivity index (χ0v) is 9.54. The third-order valence-electron chi connectivity index (χ3n) is 2.98. The largest absolute Gasteiger partial charge is 0.492 e. The van der Waals surface area contributed by atoms with Gasteiger partial charge in [-0.15, -0.1) is 0 Å². The summed E-state index contributed by atoms with van der Waals surface area (Å²) in [5.74, 6) is -0.0967. The zero-order chi connectivity index (χ0) is 11.6. The molecule has 1 N–H and O–H groups in total. The Morgan fingerprint density at radius 3 is 2.69 bits per heavy atom. The molecule has 1 fully saturated rings. The number of benzene rings is 1. The van der Waals surface area contributed by atoms with Crippen molar-refractivity contribution in [1.82, 2.24) is 0 Å². The predicted octanol–water partition coefficient (Wildman–Crippen LogP) is 2.97. The van der Waals surface area contributed by atoms with Gasteiger partial charge in [-0.2, -0.15) is 0 Å². The predicted molar refractivity (Wildman–Crippen MR) is 60.9 cm³/mol. The van der Waals surface area contributed by atoms with Crippen molar-refractivity contribution in [3.63, 3.8) is 0 Å². The van der Waals surface area contributed by atoms with Gasteiger partial charge in [0.05, 0.1) is 17.0 Å². The lowest BCUT2D eigenvalue weighted by Crippen LogP contribution is -2.17. The summed E-state index contributed by atoms with van der Waals surface area (Å²) >= 11 is 5.91. The van der Waals surface area contributed by atoms with Crippen LogP contribution in [-0.4, -0.2) is 17.7 Å². The van der Waals surface area contributed by atoms with Crippen LogP contribution in [0.3, 0.4) is 0 Å². The Bertz CT molecular complexity index is 399. The van der Waals surface area contributed by atoms with Crippen molar-refractivity contribution in [2.24, 2.45) is 5.41 Å². The van der Waals surface area contributed by atoms with Crippen LogP contribution in [0.4, 0.5) is 0 Å². The summed E-state index contributed by atoms with van der Waals surface area (Å²) in [5, 5.41) is 9.53. The lowest BCUT2D eigenvalue weighted by atomic mass is 10.0. The topological polar surface area (TPSA) is 46.5 Å². The van der Waals surface area contributed by atoms with E-state index in [-0.39, 0.29) is 0 Å². The highest BCUT2D eigenvalue weighted by atomic mass is 35.5. The smallest absolute Gasteiger partial charge is 0.309 e. The Kier molecular flexibility index (Phi) is 3.06. The standard InChI is InChI=1S/C12H13ClO3/c13-9-3-1-2-4-10(9)16-8-7-12(5-6-12)11(14)15/h1-4H,5-8H2,(H,14,15). The minimum absolute atomic E-state index is 0.399. The third-order valence-corrected chi connectivity index (χ3v) is 3.29. The van der Waals surface area contributed by atoms with E-state index < -0.39 is 11.4 Å².